The molecule has 1 fully saturated rings. The lowest BCUT2D eigenvalue weighted by Gasteiger charge is -2.19. The summed E-state index contributed by atoms with van der Waals surface area (Å²) in [5, 5.41) is 3.03. The second kappa shape index (κ2) is 6.55. The average Bonchev–Trinajstić information content (AvgIpc) is 2.87. The Bertz CT molecular complexity index is 469. The van der Waals surface area contributed by atoms with E-state index in [4.69, 9.17) is 0 Å². The first-order chi connectivity index (χ1) is 9.65. The van der Waals surface area contributed by atoms with Crippen LogP contribution in [0, 0.1) is 5.92 Å². The summed E-state index contributed by atoms with van der Waals surface area (Å²) in [5.74, 6) is -0.199. The maximum atomic E-state index is 12.2. The van der Waals surface area contributed by atoms with Crippen molar-refractivity contribution >= 4 is 17.5 Å². The second-order valence-corrected chi connectivity index (χ2v) is 5.26. The number of nitrogens with one attached hydrogen (secondary N) is 1. The second-order valence-electron chi connectivity index (χ2n) is 5.26. The van der Waals surface area contributed by atoms with Crippen molar-refractivity contribution in [2.75, 3.05) is 11.4 Å². The van der Waals surface area contributed by atoms with Crippen LogP contribution in [-0.2, 0) is 9.59 Å². The van der Waals surface area contributed by atoms with Crippen molar-refractivity contribution in [3.8, 4) is 0 Å². The van der Waals surface area contributed by atoms with E-state index in [1.165, 1.54) is 0 Å². The highest BCUT2D eigenvalue weighted by Gasteiger charge is 2.35. The largest absolute Gasteiger partial charge is 0.353 e. The molecule has 1 aliphatic rings. The molecule has 2 rings (SSSR count). The molecule has 0 spiro atoms. The van der Waals surface area contributed by atoms with Gasteiger partial charge in [-0.3, -0.25) is 9.59 Å². The van der Waals surface area contributed by atoms with Gasteiger partial charge in [-0.15, -0.1) is 0 Å². The predicted octanol–water partition coefficient (Wildman–Crippen LogP) is 2.34. The van der Waals surface area contributed by atoms with Gasteiger partial charge in [0.25, 0.3) is 0 Å². The predicted molar refractivity (Wildman–Crippen MR) is 79.4 cm³/mol. The smallest absolute Gasteiger partial charge is 0.227 e. The number of carbonyl (C=O) groups excluding carboxylic acids is 2. The lowest BCUT2D eigenvalue weighted by Crippen LogP contribution is -2.39. The Kier molecular flexibility index (Phi) is 4.77. The van der Waals surface area contributed by atoms with Gasteiger partial charge in [0, 0.05) is 24.7 Å². The van der Waals surface area contributed by atoms with Gasteiger partial charge >= 0.3 is 0 Å². The number of benzene rings is 1. The summed E-state index contributed by atoms with van der Waals surface area (Å²) in [6.45, 7) is 4.60. The van der Waals surface area contributed by atoms with Gasteiger partial charge in [0.2, 0.25) is 11.8 Å². The van der Waals surface area contributed by atoms with Crippen molar-refractivity contribution in [1.29, 1.82) is 0 Å². The Morgan fingerprint density at radius 3 is 2.55 bits per heavy atom. The van der Waals surface area contributed by atoms with Crippen molar-refractivity contribution < 1.29 is 9.59 Å². The number of para-hydroxylation sites is 1. The third-order valence-electron chi connectivity index (χ3n) is 3.90. The lowest BCUT2D eigenvalue weighted by atomic mass is 10.1. The molecule has 0 radical (unpaired) electrons. The fourth-order valence-corrected chi connectivity index (χ4v) is 2.55. The topological polar surface area (TPSA) is 49.4 Å². The molecule has 1 aliphatic heterocycles. The van der Waals surface area contributed by atoms with E-state index in [-0.39, 0.29) is 23.8 Å². The molecule has 108 valence electrons. The number of nitrogens with zero attached hydrogens (tertiary/aromatic N) is 1. The van der Waals surface area contributed by atoms with Crippen molar-refractivity contribution in [2.45, 2.75) is 39.2 Å². The van der Waals surface area contributed by atoms with Crippen LogP contribution in [0.5, 0.6) is 0 Å². The number of amides is 2. The van der Waals surface area contributed by atoms with Gasteiger partial charge in [0.15, 0.2) is 0 Å². The Hall–Kier alpha value is -1.84. The van der Waals surface area contributed by atoms with Crippen LogP contribution in [-0.4, -0.2) is 24.4 Å². The lowest BCUT2D eigenvalue weighted by molar-refractivity contribution is -0.127. The zero-order chi connectivity index (χ0) is 14.5. The van der Waals surface area contributed by atoms with E-state index >= 15 is 0 Å². The molecule has 1 atom stereocenters. The summed E-state index contributed by atoms with van der Waals surface area (Å²) in [6, 6.07) is 9.74. The molecule has 1 aromatic rings. The maximum Gasteiger partial charge on any atom is 0.227 e. The minimum Gasteiger partial charge on any atom is -0.353 e. The highest BCUT2D eigenvalue weighted by atomic mass is 16.2. The molecule has 2 amide bonds. The van der Waals surface area contributed by atoms with E-state index in [0.717, 1.165) is 18.5 Å². The van der Waals surface area contributed by atoms with Crippen molar-refractivity contribution in [1.82, 2.24) is 5.32 Å². The average molecular weight is 274 g/mol. The first kappa shape index (κ1) is 14.6. The molecule has 20 heavy (non-hydrogen) atoms. The summed E-state index contributed by atoms with van der Waals surface area (Å²) < 4.78 is 0. The van der Waals surface area contributed by atoms with Gasteiger partial charge in [0.1, 0.15) is 0 Å². The number of anilines is 1. The molecule has 0 aliphatic carbocycles. The molecule has 1 N–H and O–H groups in total. The minimum atomic E-state index is -0.233. The zero-order valence-corrected chi connectivity index (χ0v) is 12.1. The molecule has 0 bridgehead atoms. The van der Waals surface area contributed by atoms with Crippen LogP contribution >= 0.6 is 0 Å². The fraction of sp³-hybridized carbons (Fsp3) is 0.500. The Morgan fingerprint density at radius 1 is 1.30 bits per heavy atom. The molecular weight excluding hydrogens is 252 g/mol. The van der Waals surface area contributed by atoms with E-state index in [0.29, 0.717) is 13.0 Å². The van der Waals surface area contributed by atoms with Crippen molar-refractivity contribution in [3.63, 3.8) is 0 Å². The van der Waals surface area contributed by atoms with E-state index in [1.807, 2.05) is 30.3 Å². The van der Waals surface area contributed by atoms with Crippen LogP contribution in [0.3, 0.4) is 0 Å². The molecule has 1 saturated heterocycles. The molecule has 0 unspecified atom stereocenters. The minimum absolute atomic E-state index is 0.00508. The number of hydrogen-bond donors (Lipinski definition) is 1. The Balaban J connectivity index is 2.00. The normalized spacial score (nSPS) is 18.6. The van der Waals surface area contributed by atoms with Crippen LogP contribution in [0.2, 0.25) is 0 Å². The van der Waals surface area contributed by atoms with Gasteiger partial charge in [-0.25, -0.2) is 0 Å². The summed E-state index contributed by atoms with van der Waals surface area (Å²) in [4.78, 5) is 26.0. The van der Waals surface area contributed by atoms with Gasteiger partial charge in [-0.05, 0) is 25.0 Å². The SMILES string of the molecule is CCC(CC)NC(=O)[C@@H]1CC(=O)N(c2ccccc2)C1. The highest BCUT2D eigenvalue weighted by molar-refractivity contribution is 6.00. The van der Waals surface area contributed by atoms with E-state index in [2.05, 4.69) is 19.2 Å². The maximum absolute atomic E-state index is 12.2. The summed E-state index contributed by atoms with van der Waals surface area (Å²) in [7, 11) is 0. The molecular formula is C16H22N2O2. The Morgan fingerprint density at radius 2 is 1.95 bits per heavy atom. The van der Waals surface area contributed by atoms with Crippen LogP contribution in [0.15, 0.2) is 30.3 Å². The molecule has 0 saturated carbocycles. The first-order valence-electron chi connectivity index (χ1n) is 7.31. The molecule has 1 heterocycles. The highest BCUT2D eigenvalue weighted by Crippen LogP contribution is 2.25. The number of hydrogen-bond acceptors (Lipinski definition) is 2. The number of carbonyl (C=O) groups is 2. The van der Waals surface area contributed by atoms with E-state index < -0.39 is 0 Å². The van der Waals surface area contributed by atoms with Gasteiger partial charge in [0.05, 0.1) is 5.92 Å². The van der Waals surface area contributed by atoms with Gasteiger partial charge in [-0.2, -0.15) is 0 Å². The third kappa shape index (κ3) is 3.18. The van der Waals surface area contributed by atoms with E-state index in [9.17, 15) is 9.59 Å². The van der Waals surface area contributed by atoms with Crippen molar-refractivity contribution in [3.05, 3.63) is 30.3 Å². The van der Waals surface area contributed by atoms with E-state index in [1.54, 1.807) is 4.90 Å². The molecule has 1 aromatic carbocycles. The molecule has 0 aromatic heterocycles. The fourth-order valence-electron chi connectivity index (χ4n) is 2.55. The van der Waals surface area contributed by atoms with Gasteiger partial charge < -0.3 is 10.2 Å². The molecule has 4 nitrogen and oxygen atoms in total. The third-order valence-corrected chi connectivity index (χ3v) is 3.90. The van der Waals surface area contributed by atoms with Crippen molar-refractivity contribution in [2.24, 2.45) is 5.92 Å². The first-order valence-corrected chi connectivity index (χ1v) is 7.31. The van der Waals surface area contributed by atoms with Crippen LogP contribution in [0.1, 0.15) is 33.1 Å². The summed E-state index contributed by atoms with van der Waals surface area (Å²) in [5.41, 5.74) is 0.871. The van der Waals surface area contributed by atoms with Crippen LogP contribution in [0.25, 0.3) is 0 Å². The molecule has 4 heteroatoms. The Labute approximate surface area is 120 Å². The van der Waals surface area contributed by atoms with Crippen LogP contribution < -0.4 is 10.2 Å². The number of rotatable bonds is 5. The van der Waals surface area contributed by atoms with Crippen LogP contribution in [0.4, 0.5) is 5.69 Å². The summed E-state index contributed by atoms with van der Waals surface area (Å²) in [6.07, 6.45) is 2.15. The van der Waals surface area contributed by atoms with Gasteiger partial charge in [-0.1, -0.05) is 32.0 Å². The summed E-state index contributed by atoms with van der Waals surface area (Å²) >= 11 is 0. The quantitative estimate of drug-likeness (QED) is 0.896. The zero-order valence-electron chi connectivity index (χ0n) is 12.1. The standard InChI is InChI=1S/C16H22N2O2/c1-3-13(4-2)17-16(20)12-10-15(19)18(11-12)14-8-6-5-7-9-14/h5-9,12-13H,3-4,10-11H2,1-2H3,(H,17,20)/t12-/m1/s1. The monoisotopic (exact) mass is 274 g/mol.